The summed E-state index contributed by atoms with van der Waals surface area (Å²) in [7, 11) is 0. The fourth-order valence-electron chi connectivity index (χ4n) is 3.08. The zero-order chi connectivity index (χ0) is 20.5. The second kappa shape index (κ2) is 10.4. The van der Waals surface area contributed by atoms with Gasteiger partial charge in [0.25, 0.3) is 5.91 Å². The van der Waals surface area contributed by atoms with Gasteiger partial charge >= 0.3 is 0 Å². The summed E-state index contributed by atoms with van der Waals surface area (Å²) in [4.78, 5) is 17.1. The Balaban J connectivity index is 1.58. The summed E-state index contributed by atoms with van der Waals surface area (Å²) in [5.74, 6) is 0.583. The molecule has 29 heavy (non-hydrogen) atoms. The van der Waals surface area contributed by atoms with Crippen molar-refractivity contribution < 1.29 is 9.53 Å². The van der Waals surface area contributed by atoms with Crippen LogP contribution < -0.4 is 10.1 Å². The first-order valence-electron chi connectivity index (χ1n) is 10.2. The number of carbonyl (C=O) groups excluding carboxylic acids is 1. The van der Waals surface area contributed by atoms with Gasteiger partial charge in [0.15, 0.2) is 0 Å². The molecule has 4 heteroatoms. The van der Waals surface area contributed by atoms with Crippen LogP contribution >= 0.6 is 0 Å². The van der Waals surface area contributed by atoms with Crippen LogP contribution in [0.3, 0.4) is 0 Å². The number of ether oxygens (including phenoxy) is 1. The summed E-state index contributed by atoms with van der Waals surface area (Å²) in [5.41, 5.74) is 3.16. The summed E-state index contributed by atoms with van der Waals surface area (Å²) in [6.45, 7) is 4.69. The molecule has 4 nitrogen and oxygen atoms in total. The molecule has 0 fully saturated rings. The third-order valence-corrected chi connectivity index (χ3v) is 4.67. The normalized spacial score (nSPS) is 11.1. The monoisotopic (exact) mass is 388 g/mol. The predicted octanol–water partition coefficient (Wildman–Crippen LogP) is 6.31. The first-order chi connectivity index (χ1) is 14.2. The van der Waals surface area contributed by atoms with Gasteiger partial charge in [0.2, 0.25) is 0 Å². The van der Waals surface area contributed by atoms with Crippen molar-refractivity contribution >= 4 is 22.5 Å². The lowest BCUT2D eigenvalue weighted by Crippen LogP contribution is -2.12. The van der Waals surface area contributed by atoms with Crippen molar-refractivity contribution in [1.29, 1.82) is 0 Å². The summed E-state index contributed by atoms with van der Waals surface area (Å²) in [5, 5.41) is 3.89. The highest BCUT2D eigenvalue weighted by atomic mass is 16.5. The molecule has 2 aromatic carbocycles. The number of fused-ring (bicyclic) bond motifs is 1. The van der Waals surface area contributed by atoms with E-state index in [0.29, 0.717) is 17.9 Å². The van der Waals surface area contributed by atoms with Crippen LogP contribution in [-0.4, -0.2) is 17.5 Å². The van der Waals surface area contributed by atoms with E-state index in [4.69, 9.17) is 4.74 Å². The molecular formula is C25H28N2O2. The average Bonchev–Trinajstić information content (AvgIpc) is 2.73. The van der Waals surface area contributed by atoms with Gasteiger partial charge in [0.1, 0.15) is 12.4 Å². The van der Waals surface area contributed by atoms with Gasteiger partial charge in [-0.25, -0.2) is 0 Å². The van der Waals surface area contributed by atoms with E-state index in [-0.39, 0.29) is 5.91 Å². The van der Waals surface area contributed by atoms with Crippen molar-refractivity contribution in [2.75, 3.05) is 11.9 Å². The van der Waals surface area contributed by atoms with E-state index >= 15 is 0 Å². The highest BCUT2D eigenvalue weighted by Crippen LogP contribution is 2.20. The Labute approximate surface area is 172 Å². The molecule has 0 radical (unpaired) electrons. The maximum atomic E-state index is 12.6. The Kier molecular flexibility index (Phi) is 7.40. The molecule has 1 heterocycles. The van der Waals surface area contributed by atoms with Crippen LogP contribution in [0.2, 0.25) is 0 Å². The number of carbonyl (C=O) groups is 1. The Morgan fingerprint density at radius 3 is 2.83 bits per heavy atom. The van der Waals surface area contributed by atoms with Crippen molar-refractivity contribution in [3.05, 3.63) is 78.0 Å². The van der Waals surface area contributed by atoms with E-state index in [1.807, 2.05) is 61.5 Å². The fraction of sp³-hybridized carbons (Fsp3) is 0.280. The quantitative estimate of drug-likeness (QED) is 0.345. The van der Waals surface area contributed by atoms with Crippen LogP contribution in [0, 0.1) is 6.92 Å². The lowest BCUT2D eigenvalue weighted by Gasteiger charge is -2.09. The van der Waals surface area contributed by atoms with Gasteiger partial charge < -0.3 is 10.1 Å². The molecule has 150 valence electrons. The maximum absolute atomic E-state index is 12.6. The summed E-state index contributed by atoms with van der Waals surface area (Å²) in [6, 6.07) is 16.9. The highest BCUT2D eigenvalue weighted by Gasteiger charge is 2.08. The average molecular weight is 389 g/mol. The SMILES string of the molecule is CCCCCC=CCOc1cccc(NC(=O)c2ccc3nc(C)ccc3c2)c1. The second-order valence-electron chi connectivity index (χ2n) is 7.12. The predicted molar refractivity (Wildman–Crippen MR) is 120 cm³/mol. The smallest absolute Gasteiger partial charge is 0.255 e. The number of amides is 1. The Morgan fingerprint density at radius 1 is 1.07 bits per heavy atom. The van der Waals surface area contributed by atoms with Crippen molar-refractivity contribution in [1.82, 2.24) is 4.98 Å². The number of rotatable bonds is 9. The van der Waals surface area contributed by atoms with Gasteiger partial charge in [-0.15, -0.1) is 0 Å². The van der Waals surface area contributed by atoms with E-state index in [1.165, 1.54) is 19.3 Å². The van der Waals surface area contributed by atoms with Gasteiger partial charge in [0.05, 0.1) is 5.52 Å². The lowest BCUT2D eigenvalue weighted by atomic mass is 10.1. The molecule has 0 aliphatic carbocycles. The van der Waals surface area contributed by atoms with Gasteiger partial charge in [0, 0.05) is 28.4 Å². The van der Waals surface area contributed by atoms with Crippen molar-refractivity contribution in [2.24, 2.45) is 0 Å². The number of benzene rings is 2. The number of nitrogens with zero attached hydrogens (tertiary/aromatic N) is 1. The third-order valence-electron chi connectivity index (χ3n) is 4.67. The van der Waals surface area contributed by atoms with E-state index in [2.05, 4.69) is 23.3 Å². The zero-order valence-corrected chi connectivity index (χ0v) is 17.2. The molecular weight excluding hydrogens is 360 g/mol. The number of hydrogen-bond donors (Lipinski definition) is 1. The minimum atomic E-state index is -0.152. The third kappa shape index (κ3) is 6.18. The second-order valence-corrected chi connectivity index (χ2v) is 7.12. The molecule has 0 saturated heterocycles. The fourth-order valence-corrected chi connectivity index (χ4v) is 3.08. The summed E-state index contributed by atoms with van der Waals surface area (Å²) >= 11 is 0. The number of allylic oxidation sites excluding steroid dienone is 1. The topological polar surface area (TPSA) is 51.2 Å². The van der Waals surface area contributed by atoms with Crippen LogP contribution in [0.15, 0.2) is 66.7 Å². The van der Waals surface area contributed by atoms with E-state index < -0.39 is 0 Å². The van der Waals surface area contributed by atoms with Gasteiger partial charge in [-0.05, 0) is 56.2 Å². The molecule has 1 aromatic heterocycles. The molecule has 3 rings (SSSR count). The number of nitrogens with one attached hydrogen (secondary N) is 1. The van der Waals surface area contributed by atoms with Crippen LogP contribution in [0.25, 0.3) is 10.9 Å². The molecule has 0 unspecified atom stereocenters. The van der Waals surface area contributed by atoms with Crippen molar-refractivity contribution in [2.45, 2.75) is 39.5 Å². The van der Waals surface area contributed by atoms with Crippen LogP contribution in [-0.2, 0) is 0 Å². The van der Waals surface area contributed by atoms with Crippen molar-refractivity contribution in [3.63, 3.8) is 0 Å². The van der Waals surface area contributed by atoms with Crippen LogP contribution in [0.1, 0.15) is 48.7 Å². The molecule has 0 spiro atoms. The number of aryl methyl sites for hydroxylation is 1. The first kappa shape index (κ1) is 20.6. The maximum Gasteiger partial charge on any atom is 0.255 e. The minimum Gasteiger partial charge on any atom is -0.489 e. The van der Waals surface area contributed by atoms with Crippen molar-refractivity contribution in [3.8, 4) is 5.75 Å². The minimum absolute atomic E-state index is 0.152. The molecule has 0 atom stereocenters. The number of unbranched alkanes of at least 4 members (excludes halogenated alkanes) is 3. The van der Waals surface area contributed by atoms with Gasteiger partial charge in [-0.3, -0.25) is 9.78 Å². The number of hydrogen-bond acceptors (Lipinski definition) is 3. The molecule has 1 amide bonds. The molecule has 1 N–H and O–H groups in total. The van der Waals surface area contributed by atoms with Gasteiger partial charge in [-0.2, -0.15) is 0 Å². The van der Waals surface area contributed by atoms with E-state index in [9.17, 15) is 4.79 Å². The van der Waals surface area contributed by atoms with Gasteiger partial charge in [-0.1, -0.05) is 44.1 Å². The summed E-state index contributed by atoms with van der Waals surface area (Å²) < 4.78 is 5.76. The molecule has 0 aliphatic heterocycles. The Bertz CT molecular complexity index is 995. The molecule has 0 bridgehead atoms. The first-order valence-corrected chi connectivity index (χ1v) is 10.2. The molecule has 0 saturated carbocycles. The Hall–Kier alpha value is -3.14. The Morgan fingerprint density at radius 2 is 1.97 bits per heavy atom. The largest absolute Gasteiger partial charge is 0.489 e. The number of aromatic nitrogens is 1. The standard InChI is InChI=1S/C25H28N2O2/c1-3-4-5-6-7-8-16-29-23-11-9-10-22(18-23)27-25(28)21-14-15-24-20(17-21)13-12-19(2)26-24/h7-15,17-18H,3-6,16H2,1-2H3,(H,27,28). The summed E-state index contributed by atoms with van der Waals surface area (Å²) in [6.07, 6.45) is 9.02. The zero-order valence-electron chi connectivity index (χ0n) is 17.2. The lowest BCUT2D eigenvalue weighted by molar-refractivity contribution is 0.102. The van der Waals surface area contributed by atoms with Crippen LogP contribution in [0.4, 0.5) is 5.69 Å². The molecule has 0 aliphatic rings. The molecule has 3 aromatic rings. The van der Waals surface area contributed by atoms with Crippen LogP contribution in [0.5, 0.6) is 5.75 Å². The van der Waals surface area contributed by atoms with E-state index in [0.717, 1.165) is 28.8 Å². The number of anilines is 1. The highest BCUT2D eigenvalue weighted by molar-refractivity contribution is 6.06. The number of pyridine rings is 1. The van der Waals surface area contributed by atoms with E-state index in [1.54, 1.807) is 6.07 Å².